The molecule has 0 bridgehead atoms. The number of nitrogens with one attached hydrogen (secondary N) is 1. The van der Waals surface area contributed by atoms with E-state index < -0.39 is 11.6 Å². The van der Waals surface area contributed by atoms with E-state index in [1.165, 1.54) is 6.07 Å². The van der Waals surface area contributed by atoms with Crippen LogP contribution in [-0.2, 0) is 11.2 Å². The van der Waals surface area contributed by atoms with Crippen LogP contribution < -0.4 is 10.2 Å². The van der Waals surface area contributed by atoms with Gasteiger partial charge in [0.2, 0.25) is 5.91 Å². The second-order valence-corrected chi connectivity index (χ2v) is 5.26. The summed E-state index contributed by atoms with van der Waals surface area (Å²) in [7, 11) is 0. The lowest BCUT2D eigenvalue weighted by molar-refractivity contribution is -0.117. The maximum Gasteiger partial charge on any atom is 0.246 e. The Hall–Kier alpha value is -2.43. The third-order valence-corrected chi connectivity index (χ3v) is 3.77. The van der Waals surface area contributed by atoms with Crippen LogP contribution in [0, 0.1) is 11.6 Å². The molecule has 3 rings (SSSR count). The molecule has 114 valence electrons. The van der Waals surface area contributed by atoms with Gasteiger partial charge in [-0.1, -0.05) is 18.2 Å². The van der Waals surface area contributed by atoms with Crippen molar-refractivity contribution in [3.63, 3.8) is 0 Å². The molecule has 0 aliphatic carbocycles. The predicted molar refractivity (Wildman–Crippen MR) is 82.0 cm³/mol. The van der Waals surface area contributed by atoms with Gasteiger partial charge in [-0.15, -0.1) is 0 Å². The molecule has 0 aromatic heterocycles. The Labute approximate surface area is 127 Å². The van der Waals surface area contributed by atoms with E-state index in [2.05, 4.69) is 5.32 Å². The first-order valence-corrected chi connectivity index (χ1v) is 7.22. The van der Waals surface area contributed by atoms with Crippen molar-refractivity contribution in [2.75, 3.05) is 23.3 Å². The van der Waals surface area contributed by atoms with E-state index in [1.807, 2.05) is 24.3 Å². The van der Waals surface area contributed by atoms with E-state index in [0.29, 0.717) is 12.2 Å². The highest BCUT2D eigenvalue weighted by atomic mass is 19.2. The van der Waals surface area contributed by atoms with Gasteiger partial charge in [-0.05, 0) is 36.6 Å². The van der Waals surface area contributed by atoms with Gasteiger partial charge in [0.15, 0.2) is 11.6 Å². The van der Waals surface area contributed by atoms with Gasteiger partial charge in [0.05, 0.1) is 6.54 Å². The van der Waals surface area contributed by atoms with Crippen molar-refractivity contribution >= 4 is 17.3 Å². The molecular weight excluding hydrogens is 286 g/mol. The number of carbonyl (C=O) groups excluding carboxylic acids is 1. The van der Waals surface area contributed by atoms with Crippen molar-refractivity contribution in [2.24, 2.45) is 0 Å². The van der Waals surface area contributed by atoms with E-state index in [4.69, 9.17) is 0 Å². The average molecular weight is 302 g/mol. The van der Waals surface area contributed by atoms with Crippen LogP contribution in [-0.4, -0.2) is 19.0 Å². The second kappa shape index (κ2) is 6.13. The molecule has 0 spiro atoms. The van der Waals surface area contributed by atoms with Crippen molar-refractivity contribution in [1.82, 2.24) is 0 Å². The number of para-hydroxylation sites is 1. The third kappa shape index (κ3) is 2.93. The maximum absolute atomic E-state index is 13.1. The first-order chi connectivity index (χ1) is 10.6. The average Bonchev–Trinajstić information content (AvgIpc) is 2.55. The van der Waals surface area contributed by atoms with E-state index in [1.54, 1.807) is 4.90 Å². The summed E-state index contributed by atoms with van der Waals surface area (Å²) in [5.41, 5.74) is 2.48. The quantitative estimate of drug-likeness (QED) is 0.943. The van der Waals surface area contributed by atoms with Crippen LogP contribution in [0.25, 0.3) is 0 Å². The molecular formula is C17H16F2N2O. The molecule has 0 unspecified atom stereocenters. The summed E-state index contributed by atoms with van der Waals surface area (Å²) >= 11 is 0. The van der Waals surface area contributed by atoms with Crippen LogP contribution in [0.15, 0.2) is 42.5 Å². The van der Waals surface area contributed by atoms with Gasteiger partial charge in [-0.2, -0.15) is 0 Å². The van der Waals surface area contributed by atoms with Gasteiger partial charge >= 0.3 is 0 Å². The van der Waals surface area contributed by atoms with Crippen LogP contribution >= 0.6 is 0 Å². The Bertz CT molecular complexity index is 703. The number of nitrogens with zero attached hydrogens (tertiary/aromatic N) is 1. The smallest absolute Gasteiger partial charge is 0.246 e. The predicted octanol–water partition coefficient (Wildman–Crippen LogP) is 3.36. The first-order valence-electron chi connectivity index (χ1n) is 7.22. The minimum atomic E-state index is -0.930. The number of hydrogen-bond acceptors (Lipinski definition) is 2. The van der Waals surface area contributed by atoms with Crippen LogP contribution in [0.1, 0.15) is 12.0 Å². The maximum atomic E-state index is 13.1. The summed E-state index contributed by atoms with van der Waals surface area (Å²) in [5, 5.41) is 2.84. The van der Waals surface area contributed by atoms with Gasteiger partial charge in [-0.3, -0.25) is 4.79 Å². The van der Waals surface area contributed by atoms with Gasteiger partial charge in [0.1, 0.15) is 0 Å². The fourth-order valence-corrected chi connectivity index (χ4v) is 2.67. The SMILES string of the molecule is O=C(CNc1ccc(F)c(F)c1)N1CCCc2ccccc21. The Morgan fingerprint density at radius 3 is 2.77 bits per heavy atom. The number of fused-ring (bicyclic) bond motifs is 1. The number of benzene rings is 2. The van der Waals surface area contributed by atoms with Gasteiger partial charge in [0, 0.05) is 24.0 Å². The van der Waals surface area contributed by atoms with Crippen molar-refractivity contribution in [3.8, 4) is 0 Å². The van der Waals surface area contributed by atoms with Crippen LogP contribution in [0.3, 0.4) is 0 Å². The van der Waals surface area contributed by atoms with Crippen molar-refractivity contribution < 1.29 is 13.6 Å². The number of anilines is 2. The summed E-state index contributed by atoms with van der Waals surface area (Å²) < 4.78 is 26.0. The van der Waals surface area contributed by atoms with Crippen molar-refractivity contribution in [3.05, 3.63) is 59.7 Å². The van der Waals surface area contributed by atoms with Gasteiger partial charge in [0.25, 0.3) is 0 Å². The summed E-state index contributed by atoms with van der Waals surface area (Å²) in [5.74, 6) is -1.92. The fourth-order valence-electron chi connectivity index (χ4n) is 2.67. The highest BCUT2D eigenvalue weighted by Gasteiger charge is 2.21. The van der Waals surface area contributed by atoms with Gasteiger partial charge in [-0.25, -0.2) is 8.78 Å². The Balaban J connectivity index is 1.69. The monoisotopic (exact) mass is 302 g/mol. The molecule has 1 heterocycles. The molecule has 2 aromatic rings. The molecule has 0 saturated carbocycles. The van der Waals surface area contributed by atoms with Crippen LogP contribution in [0.2, 0.25) is 0 Å². The fraction of sp³-hybridized carbons (Fsp3) is 0.235. The Kier molecular flexibility index (Phi) is 4.04. The van der Waals surface area contributed by atoms with Crippen molar-refractivity contribution in [2.45, 2.75) is 12.8 Å². The largest absolute Gasteiger partial charge is 0.376 e. The topological polar surface area (TPSA) is 32.3 Å². The minimum absolute atomic E-state index is 0.0411. The van der Waals surface area contributed by atoms with E-state index in [-0.39, 0.29) is 12.5 Å². The molecule has 5 heteroatoms. The van der Waals surface area contributed by atoms with Gasteiger partial charge < -0.3 is 10.2 Å². The van der Waals surface area contributed by atoms with E-state index >= 15 is 0 Å². The number of halogens is 2. The Morgan fingerprint density at radius 1 is 1.14 bits per heavy atom. The molecule has 22 heavy (non-hydrogen) atoms. The highest BCUT2D eigenvalue weighted by molar-refractivity contribution is 5.97. The lowest BCUT2D eigenvalue weighted by Crippen LogP contribution is -2.39. The van der Waals surface area contributed by atoms with Crippen LogP contribution in [0.4, 0.5) is 20.2 Å². The lowest BCUT2D eigenvalue weighted by atomic mass is 10.0. The molecule has 1 amide bonds. The molecule has 1 aliphatic rings. The van der Waals surface area contributed by atoms with E-state index in [9.17, 15) is 13.6 Å². The standard InChI is InChI=1S/C17H16F2N2O/c18-14-8-7-13(10-15(14)19)20-11-17(22)21-9-3-5-12-4-1-2-6-16(12)21/h1-2,4,6-8,10,20H,3,5,9,11H2. The molecule has 3 nitrogen and oxygen atoms in total. The first kappa shape index (κ1) is 14.5. The zero-order valence-corrected chi connectivity index (χ0v) is 12.0. The summed E-state index contributed by atoms with van der Waals surface area (Å²) in [6.07, 6.45) is 1.89. The molecule has 2 aromatic carbocycles. The zero-order chi connectivity index (χ0) is 15.5. The summed E-state index contributed by atoms with van der Waals surface area (Å²) in [6, 6.07) is 11.3. The highest BCUT2D eigenvalue weighted by Crippen LogP contribution is 2.26. The number of hydrogen-bond donors (Lipinski definition) is 1. The summed E-state index contributed by atoms with van der Waals surface area (Å²) in [4.78, 5) is 14.1. The third-order valence-electron chi connectivity index (χ3n) is 3.77. The Morgan fingerprint density at radius 2 is 1.95 bits per heavy atom. The summed E-state index contributed by atoms with van der Waals surface area (Å²) in [6.45, 7) is 0.717. The number of rotatable bonds is 3. The molecule has 0 atom stereocenters. The number of amides is 1. The molecule has 1 aliphatic heterocycles. The number of aryl methyl sites for hydroxylation is 1. The van der Waals surface area contributed by atoms with Crippen molar-refractivity contribution in [1.29, 1.82) is 0 Å². The molecule has 0 saturated heterocycles. The molecule has 0 radical (unpaired) electrons. The normalized spacial score (nSPS) is 13.6. The number of carbonyl (C=O) groups is 1. The molecule has 0 fully saturated rings. The van der Waals surface area contributed by atoms with Crippen LogP contribution in [0.5, 0.6) is 0 Å². The molecule has 1 N–H and O–H groups in total. The second-order valence-electron chi connectivity index (χ2n) is 5.26. The van der Waals surface area contributed by atoms with E-state index in [0.717, 1.165) is 36.2 Å². The lowest BCUT2D eigenvalue weighted by Gasteiger charge is -2.29. The minimum Gasteiger partial charge on any atom is -0.376 e. The zero-order valence-electron chi connectivity index (χ0n) is 12.0.